The summed E-state index contributed by atoms with van der Waals surface area (Å²) in [5, 5.41) is 0.156. The number of esters is 2. The lowest BCUT2D eigenvalue weighted by Gasteiger charge is -2.21. The quantitative estimate of drug-likeness (QED) is 0.329. The van der Waals surface area contributed by atoms with Gasteiger partial charge in [-0.3, -0.25) is 9.59 Å². The number of imidazole rings is 1. The molecule has 1 aliphatic carbocycles. The summed E-state index contributed by atoms with van der Waals surface area (Å²) < 4.78 is 12.8. The molecular formula is C21H32ClN7O4. The van der Waals surface area contributed by atoms with Crippen molar-refractivity contribution in [1.29, 1.82) is 0 Å². The zero-order valence-corrected chi connectivity index (χ0v) is 20.1. The van der Waals surface area contributed by atoms with E-state index in [2.05, 4.69) is 15.0 Å². The van der Waals surface area contributed by atoms with Gasteiger partial charge < -0.3 is 31.2 Å². The molecule has 0 amide bonds. The van der Waals surface area contributed by atoms with Crippen molar-refractivity contribution in [3.05, 3.63) is 11.5 Å². The number of fused-ring (bicyclic) bond motifs is 1. The Morgan fingerprint density at radius 3 is 2.36 bits per heavy atom. The Bertz CT molecular complexity index is 1030. The molecule has 0 saturated heterocycles. The molecule has 1 saturated carbocycles. The Labute approximate surface area is 197 Å². The summed E-state index contributed by atoms with van der Waals surface area (Å²) in [4.78, 5) is 37.0. The molecule has 1 aliphatic rings. The summed E-state index contributed by atoms with van der Waals surface area (Å²) in [5.41, 5.74) is 18.0. The van der Waals surface area contributed by atoms with E-state index in [4.69, 9.17) is 38.3 Å². The van der Waals surface area contributed by atoms with E-state index in [1.807, 2.05) is 27.7 Å². The Morgan fingerprint density at radius 1 is 1.15 bits per heavy atom. The lowest BCUT2D eigenvalue weighted by Crippen LogP contribution is -2.39. The number of nitrogen functional groups attached to an aromatic ring is 1. The molecule has 6 N–H and O–H groups in total. The zero-order valence-electron chi connectivity index (χ0n) is 19.3. The van der Waals surface area contributed by atoms with Crippen molar-refractivity contribution >= 4 is 40.7 Å². The van der Waals surface area contributed by atoms with Gasteiger partial charge in [-0.05, 0) is 18.3 Å². The van der Waals surface area contributed by atoms with Crippen LogP contribution in [0.3, 0.4) is 0 Å². The fraction of sp³-hybridized carbons (Fsp3) is 0.667. The van der Waals surface area contributed by atoms with Gasteiger partial charge in [-0.25, -0.2) is 4.98 Å². The number of carbonyl (C=O) groups excluding carboxylic acids is 2. The molecule has 2 heterocycles. The summed E-state index contributed by atoms with van der Waals surface area (Å²) in [6, 6.07) is -1.42. The summed E-state index contributed by atoms with van der Waals surface area (Å²) >= 11 is 6.14. The van der Waals surface area contributed by atoms with Gasteiger partial charge in [-0.2, -0.15) is 9.97 Å². The predicted molar refractivity (Wildman–Crippen MR) is 123 cm³/mol. The number of hydrogen-bond acceptors (Lipinski definition) is 10. The number of nitrogens with zero attached hydrogens (tertiary/aromatic N) is 4. The Balaban J connectivity index is 1.77. The van der Waals surface area contributed by atoms with Crippen LogP contribution >= 0.6 is 11.6 Å². The number of rotatable bonds is 10. The van der Waals surface area contributed by atoms with Gasteiger partial charge in [0.25, 0.3) is 0 Å². The highest BCUT2D eigenvalue weighted by molar-refractivity contribution is 6.33. The number of aromatic nitrogens is 4. The predicted octanol–water partition coefficient (Wildman–Crippen LogP) is 1.12. The molecule has 3 rings (SSSR count). The minimum atomic E-state index is -0.721. The first-order valence-electron chi connectivity index (χ1n) is 10.9. The van der Waals surface area contributed by atoms with Crippen LogP contribution in [0.15, 0.2) is 6.33 Å². The number of nitrogens with two attached hydrogens (primary N) is 3. The summed E-state index contributed by atoms with van der Waals surface area (Å²) in [7, 11) is 0. The molecule has 2 unspecified atom stereocenters. The maximum atomic E-state index is 12.4. The Hall–Kier alpha value is -2.50. The summed E-state index contributed by atoms with van der Waals surface area (Å²) in [5.74, 6) is -1.03. The molecule has 2 aromatic rings. The number of ether oxygens (including phenoxy) is 2. The van der Waals surface area contributed by atoms with E-state index >= 15 is 0 Å². The SMILES string of the molecule is CC(C)[C@H](N)C(=O)OCC1CC1(COC(=O)[C@@H](N)C(C)C)Cn1cnc2c(Cl)nc(N)nc21. The van der Waals surface area contributed by atoms with E-state index in [9.17, 15) is 9.59 Å². The van der Waals surface area contributed by atoms with Gasteiger partial charge in [-0.15, -0.1) is 0 Å². The first kappa shape index (κ1) is 25.1. The van der Waals surface area contributed by atoms with Gasteiger partial charge in [0, 0.05) is 17.9 Å². The molecule has 182 valence electrons. The van der Waals surface area contributed by atoms with E-state index < -0.39 is 29.4 Å². The first-order chi connectivity index (χ1) is 15.4. The summed E-state index contributed by atoms with van der Waals surface area (Å²) in [6.07, 6.45) is 2.25. The van der Waals surface area contributed by atoms with Crippen LogP contribution in [0, 0.1) is 23.2 Å². The molecular weight excluding hydrogens is 450 g/mol. The van der Waals surface area contributed by atoms with Crippen molar-refractivity contribution in [3.63, 3.8) is 0 Å². The molecule has 12 heteroatoms. The number of carbonyl (C=O) groups is 2. The van der Waals surface area contributed by atoms with Crippen LogP contribution in [-0.4, -0.2) is 56.8 Å². The largest absolute Gasteiger partial charge is 0.464 e. The first-order valence-corrected chi connectivity index (χ1v) is 11.3. The van der Waals surface area contributed by atoms with Crippen LogP contribution in [0.2, 0.25) is 5.15 Å². The number of hydrogen-bond donors (Lipinski definition) is 3. The van der Waals surface area contributed by atoms with Crippen LogP contribution in [0.5, 0.6) is 0 Å². The molecule has 0 spiro atoms. The maximum Gasteiger partial charge on any atom is 0.323 e. The third-order valence-corrected chi connectivity index (χ3v) is 6.46. The highest BCUT2D eigenvalue weighted by Gasteiger charge is 2.56. The van der Waals surface area contributed by atoms with Gasteiger partial charge in [-0.1, -0.05) is 39.3 Å². The van der Waals surface area contributed by atoms with Crippen LogP contribution in [-0.2, 0) is 25.6 Å². The molecule has 4 atom stereocenters. The smallest absolute Gasteiger partial charge is 0.323 e. The number of halogens is 1. The van der Waals surface area contributed by atoms with E-state index in [1.54, 1.807) is 10.9 Å². The molecule has 11 nitrogen and oxygen atoms in total. The van der Waals surface area contributed by atoms with E-state index in [0.29, 0.717) is 24.1 Å². The van der Waals surface area contributed by atoms with Crippen LogP contribution in [0.25, 0.3) is 11.2 Å². The van der Waals surface area contributed by atoms with E-state index in [1.165, 1.54) is 0 Å². The zero-order chi connectivity index (χ0) is 24.5. The van der Waals surface area contributed by atoms with Gasteiger partial charge in [0.15, 0.2) is 10.8 Å². The third kappa shape index (κ3) is 5.53. The van der Waals surface area contributed by atoms with Crippen molar-refractivity contribution < 1.29 is 19.1 Å². The fourth-order valence-electron chi connectivity index (χ4n) is 3.60. The standard InChI is InChI=1S/C21H32ClN7O4/c1-10(2)13(23)18(30)32-6-12-5-21(12,8-33-19(31)14(24)11(3)4)7-29-9-26-15-16(22)27-20(25)28-17(15)29/h9-14H,5-8,23-24H2,1-4H3,(H2,25,27,28)/t12?,13-,14-,21?/m0/s1. The van der Waals surface area contributed by atoms with Gasteiger partial charge in [0.2, 0.25) is 5.95 Å². The lowest BCUT2D eigenvalue weighted by atomic mass is 10.0. The van der Waals surface area contributed by atoms with Crippen molar-refractivity contribution in [2.75, 3.05) is 18.9 Å². The fourth-order valence-corrected chi connectivity index (χ4v) is 3.82. The van der Waals surface area contributed by atoms with Crippen molar-refractivity contribution in [3.8, 4) is 0 Å². The van der Waals surface area contributed by atoms with Crippen molar-refractivity contribution in [1.82, 2.24) is 19.5 Å². The van der Waals surface area contributed by atoms with Gasteiger partial charge in [0.05, 0.1) is 19.5 Å². The second kappa shape index (κ2) is 9.78. The molecule has 33 heavy (non-hydrogen) atoms. The van der Waals surface area contributed by atoms with Crippen LogP contribution < -0.4 is 17.2 Å². The number of anilines is 1. The van der Waals surface area contributed by atoms with Gasteiger partial charge >= 0.3 is 11.9 Å². The molecule has 2 aromatic heterocycles. The van der Waals surface area contributed by atoms with Gasteiger partial charge in [0.1, 0.15) is 17.6 Å². The average molecular weight is 482 g/mol. The van der Waals surface area contributed by atoms with Crippen LogP contribution in [0.1, 0.15) is 34.1 Å². The Kier molecular flexibility index (Phi) is 7.45. The average Bonchev–Trinajstić information content (AvgIpc) is 3.29. The van der Waals surface area contributed by atoms with Crippen LogP contribution in [0.4, 0.5) is 5.95 Å². The monoisotopic (exact) mass is 481 g/mol. The molecule has 0 bridgehead atoms. The van der Waals surface area contributed by atoms with E-state index in [-0.39, 0.29) is 42.1 Å². The third-order valence-electron chi connectivity index (χ3n) is 6.19. The molecule has 0 radical (unpaired) electrons. The van der Waals surface area contributed by atoms with Crippen molar-refractivity contribution in [2.24, 2.45) is 34.6 Å². The molecule has 0 aliphatic heterocycles. The second-order valence-corrected chi connectivity index (χ2v) is 9.82. The minimum absolute atomic E-state index is 0.0292. The lowest BCUT2D eigenvalue weighted by molar-refractivity contribution is -0.150. The Morgan fingerprint density at radius 2 is 1.76 bits per heavy atom. The van der Waals surface area contributed by atoms with Crippen molar-refractivity contribution in [2.45, 2.75) is 52.7 Å². The molecule has 0 aromatic carbocycles. The normalized spacial score (nSPS) is 21.9. The minimum Gasteiger partial charge on any atom is -0.464 e. The second-order valence-electron chi connectivity index (χ2n) is 9.46. The highest BCUT2D eigenvalue weighted by Crippen LogP contribution is 2.54. The summed E-state index contributed by atoms with van der Waals surface area (Å²) in [6.45, 7) is 8.09. The maximum absolute atomic E-state index is 12.4. The highest BCUT2D eigenvalue weighted by atomic mass is 35.5. The topological polar surface area (TPSA) is 174 Å². The molecule has 1 fully saturated rings. The van der Waals surface area contributed by atoms with E-state index in [0.717, 1.165) is 0 Å².